The van der Waals surface area contributed by atoms with Gasteiger partial charge in [-0.15, -0.1) is 3.89 Å². The molecule has 2 aromatic rings. The largest absolute Gasteiger partial charge is 0.361 e. The van der Waals surface area contributed by atoms with E-state index in [1.54, 1.807) is 18.3 Å². The summed E-state index contributed by atoms with van der Waals surface area (Å²) in [5.74, 6) is -0.579. The summed E-state index contributed by atoms with van der Waals surface area (Å²) >= 11 is 0. The molecule has 0 saturated carbocycles. The van der Waals surface area contributed by atoms with Crippen LogP contribution in [0.15, 0.2) is 30.5 Å². The van der Waals surface area contributed by atoms with Crippen LogP contribution in [0, 0.1) is 0 Å². The Morgan fingerprint density at radius 3 is 2.79 bits per heavy atom. The van der Waals surface area contributed by atoms with Gasteiger partial charge in [-0.1, -0.05) is 18.2 Å². The number of halogens is 1. The lowest BCUT2D eigenvalue weighted by Gasteiger charge is -1.98. The average molecular weight is 213 g/mol. The lowest BCUT2D eigenvalue weighted by atomic mass is 10.2. The second kappa shape index (κ2) is 3.09. The van der Waals surface area contributed by atoms with Gasteiger partial charge in [0.2, 0.25) is 0 Å². The van der Waals surface area contributed by atoms with E-state index in [1.807, 2.05) is 12.1 Å². The van der Waals surface area contributed by atoms with Gasteiger partial charge in [-0.3, -0.25) is 0 Å². The highest BCUT2D eigenvalue weighted by Crippen LogP contribution is 2.19. The van der Waals surface area contributed by atoms with Crippen LogP contribution < -0.4 is 0 Å². The quantitative estimate of drug-likeness (QED) is 0.775. The Hall–Kier alpha value is -1.36. The first-order valence-electron chi connectivity index (χ1n) is 4.03. The first-order valence-corrected chi connectivity index (χ1v) is 5.59. The van der Waals surface area contributed by atoms with Gasteiger partial charge < -0.3 is 4.98 Å². The fourth-order valence-electron chi connectivity index (χ4n) is 1.46. The van der Waals surface area contributed by atoms with E-state index in [0.29, 0.717) is 11.1 Å². The van der Waals surface area contributed by atoms with E-state index in [1.165, 1.54) is 0 Å². The van der Waals surface area contributed by atoms with Crippen LogP contribution in [0.3, 0.4) is 0 Å². The van der Waals surface area contributed by atoms with E-state index < -0.39 is 16.0 Å². The minimum absolute atomic E-state index is 0.454. The molecule has 5 heteroatoms. The van der Waals surface area contributed by atoms with Crippen molar-refractivity contribution in [2.75, 3.05) is 0 Å². The summed E-state index contributed by atoms with van der Waals surface area (Å²) in [6, 6.07) is 6.94. The first kappa shape index (κ1) is 9.21. The third-order valence-corrected chi connectivity index (χ3v) is 2.66. The van der Waals surface area contributed by atoms with Gasteiger partial charge in [0.25, 0.3) is 0 Å². The third kappa shape index (κ3) is 1.77. The Morgan fingerprint density at radius 1 is 1.29 bits per heavy atom. The van der Waals surface area contributed by atoms with Crippen LogP contribution in [0.5, 0.6) is 0 Å². The molecule has 1 aromatic heterocycles. The molecule has 0 fully saturated rings. The van der Waals surface area contributed by atoms with Crippen molar-refractivity contribution >= 4 is 21.1 Å². The summed E-state index contributed by atoms with van der Waals surface area (Å²) in [7, 11) is -4.47. The number of hydrogen-bond acceptors (Lipinski definition) is 2. The predicted molar refractivity (Wildman–Crippen MR) is 52.0 cm³/mol. The van der Waals surface area contributed by atoms with E-state index in [2.05, 4.69) is 4.98 Å². The fraction of sp³-hybridized carbons (Fsp3) is 0.111. The summed E-state index contributed by atoms with van der Waals surface area (Å²) < 4.78 is 33.4. The normalized spacial score (nSPS) is 12.1. The van der Waals surface area contributed by atoms with E-state index in [4.69, 9.17) is 0 Å². The van der Waals surface area contributed by atoms with E-state index >= 15 is 0 Å². The van der Waals surface area contributed by atoms with Crippen LogP contribution in [0.25, 0.3) is 10.9 Å². The number of aromatic amines is 1. The molecule has 0 aliphatic rings. The maximum atomic E-state index is 12.5. The SMILES string of the molecule is O=S(=O)(F)Cc1cccc2cc[nH]c12. The summed E-state index contributed by atoms with van der Waals surface area (Å²) in [5, 5.41) is 0.881. The summed E-state index contributed by atoms with van der Waals surface area (Å²) in [6.07, 6.45) is 1.69. The van der Waals surface area contributed by atoms with Gasteiger partial charge in [0.05, 0.1) is 0 Å². The average Bonchev–Trinajstić information content (AvgIpc) is 2.49. The van der Waals surface area contributed by atoms with Crippen molar-refractivity contribution in [3.63, 3.8) is 0 Å². The number of aromatic nitrogens is 1. The molecule has 2 rings (SSSR count). The molecule has 14 heavy (non-hydrogen) atoms. The molecule has 0 aliphatic carbocycles. The maximum Gasteiger partial charge on any atom is 0.306 e. The minimum Gasteiger partial charge on any atom is -0.361 e. The third-order valence-electron chi connectivity index (χ3n) is 2.00. The predicted octanol–water partition coefficient (Wildman–Crippen LogP) is 1.97. The van der Waals surface area contributed by atoms with E-state index in [-0.39, 0.29) is 0 Å². The molecular formula is C9H8FNO2S. The van der Waals surface area contributed by atoms with Crippen LogP contribution in [-0.2, 0) is 16.0 Å². The molecule has 1 N–H and O–H groups in total. The number of fused-ring (bicyclic) bond motifs is 1. The zero-order valence-electron chi connectivity index (χ0n) is 7.20. The molecule has 0 atom stereocenters. The highest BCUT2D eigenvalue weighted by Gasteiger charge is 2.11. The van der Waals surface area contributed by atoms with E-state index in [0.717, 1.165) is 5.39 Å². The van der Waals surface area contributed by atoms with Gasteiger partial charge in [-0.05, 0) is 17.0 Å². The lowest BCUT2D eigenvalue weighted by molar-refractivity contribution is 0.551. The van der Waals surface area contributed by atoms with Gasteiger partial charge in [0.1, 0.15) is 5.75 Å². The van der Waals surface area contributed by atoms with Gasteiger partial charge >= 0.3 is 10.2 Å². The number of hydrogen-bond donors (Lipinski definition) is 1. The van der Waals surface area contributed by atoms with Crippen LogP contribution in [0.1, 0.15) is 5.56 Å². The van der Waals surface area contributed by atoms with Crippen molar-refractivity contribution in [3.05, 3.63) is 36.0 Å². The van der Waals surface area contributed by atoms with Crippen LogP contribution >= 0.6 is 0 Å². The molecule has 3 nitrogen and oxygen atoms in total. The standard InChI is InChI=1S/C9H8FNO2S/c10-14(12,13)6-8-3-1-2-7-4-5-11-9(7)8/h1-5,11H,6H2. The minimum atomic E-state index is -4.47. The first-order chi connectivity index (χ1) is 6.56. The van der Waals surface area contributed by atoms with Crippen molar-refractivity contribution in [2.24, 2.45) is 0 Å². The summed E-state index contributed by atoms with van der Waals surface area (Å²) in [5.41, 5.74) is 1.13. The number of nitrogens with one attached hydrogen (secondary N) is 1. The topological polar surface area (TPSA) is 49.9 Å². The Bertz CT molecular complexity index is 559. The molecule has 0 saturated heterocycles. The molecule has 0 spiro atoms. The summed E-state index contributed by atoms with van der Waals surface area (Å²) in [4.78, 5) is 2.88. The number of para-hydroxylation sites is 1. The monoisotopic (exact) mass is 213 g/mol. The molecular weight excluding hydrogens is 205 g/mol. The molecule has 74 valence electrons. The number of H-pyrrole nitrogens is 1. The second-order valence-electron chi connectivity index (χ2n) is 3.04. The van der Waals surface area contributed by atoms with Crippen molar-refractivity contribution in [3.8, 4) is 0 Å². The van der Waals surface area contributed by atoms with Crippen molar-refractivity contribution in [1.82, 2.24) is 4.98 Å². The zero-order valence-corrected chi connectivity index (χ0v) is 8.01. The van der Waals surface area contributed by atoms with Gasteiger partial charge in [0, 0.05) is 11.7 Å². The van der Waals surface area contributed by atoms with Gasteiger partial charge in [-0.25, -0.2) is 0 Å². The zero-order chi connectivity index (χ0) is 10.2. The van der Waals surface area contributed by atoms with Crippen LogP contribution in [0.4, 0.5) is 3.89 Å². The Morgan fingerprint density at radius 2 is 2.07 bits per heavy atom. The molecule has 0 amide bonds. The second-order valence-corrected chi connectivity index (χ2v) is 4.41. The van der Waals surface area contributed by atoms with Crippen LogP contribution in [0.2, 0.25) is 0 Å². The highest BCUT2D eigenvalue weighted by atomic mass is 32.3. The van der Waals surface area contributed by atoms with E-state index in [9.17, 15) is 12.3 Å². The van der Waals surface area contributed by atoms with Gasteiger partial charge in [0.15, 0.2) is 0 Å². The highest BCUT2D eigenvalue weighted by molar-refractivity contribution is 7.85. The Labute approximate surface area is 80.8 Å². The molecule has 0 aliphatic heterocycles. The Kier molecular flexibility index (Phi) is 2.03. The van der Waals surface area contributed by atoms with Crippen molar-refractivity contribution in [2.45, 2.75) is 5.75 Å². The molecule has 1 aromatic carbocycles. The molecule has 1 heterocycles. The van der Waals surface area contributed by atoms with Gasteiger partial charge in [-0.2, -0.15) is 8.42 Å². The lowest BCUT2D eigenvalue weighted by Crippen LogP contribution is -1.96. The fourth-order valence-corrected chi connectivity index (χ4v) is 2.07. The Balaban J connectivity index is 2.57. The smallest absolute Gasteiger partial charge is 0.306 e. The summed E-state index contributed by atoms with van der Waals surface area (Å²) in [6.45, 7) is 0. The van der Waals surface area contributed by atoms with Crippen molar-refractivity contribution < 1.29 is 12.3 Å². The molecule has 0 unspecified atom stereocenters. The molecule has 0 radical (unpaired) electrons. The number of benzene rings is 1. The van der Waals surface area contributed by atoms with Crippen LogP contribution in [-0.4, -0.2) is 13.4 Å². The van der Waals surface area contributed by atoms with Crippen molar-refractivity contribution in [1.29, 1.82) is 0 Å². The number of rotatable bonds is 2. The molecule has 0 bridgehead atoms. The maximum absolute atomic E-state index is 12.5.